The summed E-state index contributed by atoms with van der Waals surface area (Å²) in [5.74, 6) is 0.724. The lowest BCUT2D eigenvalue weighted by atomic mass is 10.4. The normalized spacial score (nSPS) is 10.3. The summed E-state index contributed by atoms with van der Waals surface area (Å²) in [7, 11) is 0. The second-order valence-electron chi connectivity index (χ2n) is 3.07. The molecule has 0 amide bonds. The molecule has 0 saturated heterocycles. The highest BCUT2D eigenvalue weighted by molar-refractivity contribution is 7.99. The summed E-state index contributed by atoms with van der Waals surface area (Å²) in [4.78, 5) is 9.13. The molecule has 0 unspecified atom stereocenters. The first-order chi connectivity index (χ1) is 7.68. The SMILES string of the molecule is Cc1occc1Sc1nccnc1C(=N)N. The predicted octanol–water partition coefficient (Wildman–Crippen LogP) is 1.81. The third kappa shape index (κ3) is 2.06. The Kier molecular flexibility index (Phi) is 2.91. The van der Waals surface area contributed by atoms with E-state index in [4.69, 9.17) is 15.6 Å². The first-order valence-corrected chi connectivity index (χ1v) is 5.37. The molecule has 0 radical (unpaired) electrons. The molecule has 2 aromatic rings. The Morgan fingerprint density at radius 2 is 2.19 bits per heavy atom. The van der Waals surface area contributed by atoms with Gasteiger partial charge in [0.1, 0.15) is 22.3 Å². The number of aryl methyl sites for hydroxylation is 1. The van der Waals surface area contributed by atoms with Gasteiger partial charge >= 0.3 is 0 Å². The molecular weight excluding hydrogens is 224 g/mol. The highest BCUT2D eigenvalue weighted by Crippen LogP contribution is 2.30. The van der Waals surface area contributed by atoms with Crippen LogP contribution in [0.1, 0.15) is 11.5 Å². The van der Waals surface area contributed by atoms with Gasteiger partial charge in [-0.3, -0.25) is 5.41 Å². The summed E-state index contributed by atoms with van der Waals surface area (Å²) in [5.41, 5.74) is 5.82. The minimum atomic E-state index is -0.0863. The van der Waals surface area contributed by atoms with Crippen LogP contribution in [0.25, 0.3) is 0 Å². The van der Waals surface area contributed by atoms with E-state index >= 15 is 0 Å². The van der Waals surface area contributed by atoms with E-state index in [0.29, 0.717) is 10.7 Å². The van der Waals surface area contributed by atoms with Crippen molar-refractivity contribution < 1.29 is 4.42 Å². The van der Waals surface area contributed by atoms with Gasteiger partial charge in [0, 0.05) is 12.4 Å². The smallest absolute Gasteiger partial charge is 0.144 e. The van der Waals surface area contributed by atoms with Crippen molar-refractivity contribution in [2.45, 2.75) is 16.8 Å². The van der Waals surface area contributed by atoms with Gasteiger partial charge in [-0.25, -0.2) is 9.97 Å². The highest BCUT2D eigenvalue weighted by atomic mass is 32.2. The van der Waals surface area contributed by atoms with Crippen molar-refractivity contribution in [1.82, 2.24) is 9.97 Å². The van der Waals surface area contributed by atoms with Crippen molar-refractivity contribution in [2.24, 2.45) is 5.73 Å². The van der Waals surface area contributed by atoms with Gasteiger partial charge in [-0.2, -0.15) is 0 Å². The molecule has 0 atom stereocenters. The van der Waals surface area contributed by atoms with Gasteiger partial charge in [0.05, 0.1) is 11.2 Å². The zero-order chi connectivity index (χ0) is 11.5. The monoisotopic (exact) mass is 234 g/mol. The fraction of sp³-hybridized carbons (Fsp3) is 0.100. The van der Waals surface area contributed by atoms with E-state index in [-0.39, 0.29) is 5.84 Å². The average molecular weight is 234 g/mol. The fourth-order valence-electron chi connectivity index (χ4n) is 1.17. The minimum Gasteiger partial charge on any atom is -0.468 e. The lowest BCUT2D eigenvalue weighted by Gasteiger charge is -2.03. The van der Waals surface area contributed by atoms with E-state index in [9.17, 15) is 0 Å². The van der Waals surface area contributed by atoms with Gasteiger partial charge in [-0.1, -0.05) is 11.8 Å². The molecule has 2 rings (SSSR count). The molecule has 0 bridgehead atoms. The lowest BCUT2D eigenvalue weighted by molar-refractivity contribution is 0.527. The number of nitrogens with zero attached hydrogens (tertiary/aromatic N) is 2. The summed E-state index contributed by atoms with van der Waals surface area (Å²) in [6.07, 6.45) is 4.70. The third-order valence-electron chi connectivity index (χ3n) is 1.94. The Morgan fingerprint density at radius 3 is 2.81 bits per heavy atom. The minimum absolute atomic E-state index is 0.0863. The quantitative estimate of drug-likeness (QED) is 0.624. The van der Waals surface area contributed by atoms with Gasteiger partial charge in [0.15, 0.2) is 0 Å². The molecule has 0 aliphatic carbocycles. The summed E-state index contributed by atoms with van der Waals surface area (Å²) in [5, 5.41) is 8.01. The number of rotatable bonds is 3. The summed E-state index contributed by atoms with van der Waals surface area (Å²) in [6.45, 7) is 1.87. The van der Waals surface area contributed by atoms with E-state index in [1.54, 1.807) is 12.5 Å². The van der Waals surface area contributed by atoms with E-state index in [0.717, 1.165) is 10.7 Å². The zero-order valence-corrected chi connectivity index (χ0v) is 9.41. The molecule has 0 fully saturated rings. The first-order valence-electron chi connectivity index (χ1n) is 4.56. The second-order valence-corrected chi connectivity index (χ2v) is 4.10. The molecule has 0 saturated carbocycles. The van der Waals surface area contributed by atoms with Crippen LogP contribution in [0.2, 0.25) is 0 Å². The van der Waals surface area contributed by atoms with Crippen LogP contribution in [0.3, 0.4) is 0 Å². The molecule has 0 aliphatic rings. The molecule has 16 heavy (non-hydrogen) atoms. The Bertz CT molecular complexity index is 523. The number of aromatic nitrogens is 2. The Morgan fingerprint density at radius 1 is 1.44 bits per heavy atom. The Labute approximate surface area is 96.6 Å². The molecule has 82 valence electrons. The van der Waals surface area contributed by atoms with Crippen LogP contribution < -0.4 is 5.73 Å². The zero-order valence-electron chi connectivity index (χ0n) is 8.60. The molecule has 0 spiro atoms. The van der Waals surface area contributed by atoms with E-state index in [2.05, 4.69) is 9.97 Å². The van der Waals surface area contributed by atoms with Gasteiger partial charge < -0.3 is 10.2 Å². The molecule has 2 aromatic heterocycles. The summed E-state index contributed by atoms with van der Waals surface area (Å²) in [6, 6.07) is 1.85. The van der Waals surface area contributed by atoms with Crippen LogP contribution in [-0.2, 0) is 0 Å². The van der Waals surface area contributed by atoms with Crippen molar-refractivity contribution in [3.8, 4) is 0 Å². The molecule has 2 heterocycles. The average Bonchev–Trinajstić information content (AvgIpc) is 2.65. The molecule has 3 N–H and O–H groups in total. The van der Waals surface area contributed by atoms with Crippen molar-refractivity contribution in [3.63, 3.8) is 0 Å². The van der Waals surface area contributed by atoms with Crippen LogP contribution in [0.4, 0.5) is 0 Å². The van der Waals surface area contributed by atoms with Gasteiger partial charge in [-0.05, 0) is 13.0 Å². The Balaban J connectivity index is 2.35. The topological polar surface area (TPSA) is 88.8 Å². The number of nitrogen functional groups attached to an aromatic ring is 1. The van der Waals surface area contributed by atoms with Crippen molar-refractivity contribution in [3.05, 3.63) is 36.2 Å². The predicted molar refractivity (Wildman–Crippen MR) is 60.6 cm³/mol. The van der Waals surface area contributed by atoms with Crippen LogP contribution in [-0.4, -0.2) is 15.8 Å². The highest BCUT2D eigenvalue weighted by Gasteiger charge is 2.11. The van der Waals surface area contributed by atoms with Crippen molar-refractivity contribution in [1.29, 1.82) is 5.41 Å². The molecule has 0 aliphatic heterocycles. The summed E-state index contributed by atoms with van der Waals surface area (Å²) >= 11 is 1.39. The van der Waals surface area contributed by atoms with Gasteiger partial charge in [0.2, 0.25) is 0 Å². The van der Waals surface area contributed by atoms with Gasteiger partial charge in [0.25, 0.3) is 0 Å². The maximum absolute atomic E-state index is 7.40. The maximum atomic E-state index is 7.40. The largest absolute Gasteiger partial charge is 0.468 e. The first kappa shape index (κ1) is 10.7. The number of furan rings is 1. The van der Waals surface area contributed by atoms with E-state index < -0.39 is 0 Å². The van der Waals surface area contributed by atoms with Gasteiger partial charge in [-0.15, -0.1) is 0 Å². The number of hydrogen-bond acceptors (Lipinski definition) is 5. The van der Waals surface area contributed by atoms with Crippen LogP contribution in [0.5, 0.6) is 0 Å². The second kappa shape index (κ2) is 4.36. The molecule has 5 nitrogen and oxygen atoms in total. The number of nitrogens with two attached hydrogens (primary N) is 1. The standard InChI is InChI=1S/C10H10N4OS/c1-6-7(2-5-15-6)16-10-8(9(11)12)13-3-4-14-10/h2-5H,1H3,(H3,11,12). The Hall–Kier alpha value is -1.82. The van der Waals surface area contributed by atoms with Crippen molar-refractivity contribution >= 4 is 17.6 Å². The van der Waals surface area contributed by atoms with E-state index in [1.807, 2.05) is 13.0 Å². The number of amidine groups is 1. The fourth-order valence-corrected chi connectivity index (χ4v) is 2.06. The third-order valence-corrected chi connectivity index (χ3v) is 3.07. The molecule has 0 aromatic carbocycles. The number of hydrogen-bond donors (Lipinski definition) is 2. The maximum Gasteiger partial charge on any atom is 0.144 e. The van der Waals surface area contributed by atoms with E-state index in [1.165, 1.54) is 18.0 Å². The van der Waals surface area contributed by atoms with Crippen LogP contribution in [0, 0.1) is 12.3 Å². The molecule has 6 heteroatoms. The molecular formula is C10H10N4OS. The summed E-state index contributed by atoms with van der Waals surface area (Å²) < 4.78 is 5.18. The number of nitrogens with one attached hydrogen (secondary N) is 1. The van der Waals surface area contributed by atoms with Crippen LogP contribution >= 0.6 is 11.8 Å². The van der Waals surface area contributed by atoms with Crippen LogP contribution in [0.15, 0.2) is 39.1 Å². The van der Waals surface area contributed by atoms with Crippen molar-refractivity contribution in [2.75, 3.05) is 0 Å². The lowest BCUT2D eigenvalue weighted by Crippen LogP contribution is -2.14.